The number of nitrogens with zero attached hydrogens (tertiary/aromatic N) is 1. The van der Waals surface area contributed by atoms with Crippen LogP contribution in [0.1, 0.15) is 37.4 Å². The lowest BCUT2D eigenvalue weighted by atomic mass is 10.1. The van der Waals surface area contributed by atoms with Crippen molar-refractivity contribution in [1.82, 2.24) is 4.57 Å². The van der Waals surface area contributed by atoms with Crippen LogP contribution in [-0.4, -0.2) is 53.2 Å². The number of ketones is 1. The van der Waals surface area contributed by atoms with Gasteiger partial charge < -0.3 is 23.5 Å². The molecule has 3 heterocycles. The number of hydrogen-bond acceptors (Lipinski definition) is 6. The minimum atomic E-state index is -5.19. The number of hydrogen-bond donors (Lipinski definition) is 0. The summed E-state index contributed by atoms with van der Waals surface area (Å²) >= 11 is 18.5. The fourth-order valence-electron chi connectivity index (χ4n) is 4.08. The van der Waals surface area contributed by atoms with Crippen molar-refractivity contribution in [3.63, 3.8) is 0 Å². The van der Waals surface area contributed by atoms with Crippen LogP contribution in [0, 0.1) is 0 Å². The molecule has 180 valence electrons. The number of carbonyl (C=O) groups is 2. The zero-order valence-corrected chi connectivity index (χ0v) is 19.6. The molecule has 0 aliphatic carbocycles. The molecule has 0 radical (unpaired) electrons. The van der Waals surface area contributed by atoms with E-state index in [0.29, 0.717) is 0 Å². The number of alkyl halides is 3. The second kappa shape index (κ2) is 8.28. The minimum Gasteiger partial charge on any atom is -0.463 e. The highest BCUT2D eigenvalue weighted by Crippen LogP contribution is 2.48. The van der Waals surface area contributed by atoms with E-state index >= 15 is 0 Å². The Balaban J connectivity index is 1.88. The van der Waals surface area contributed by atoms with Gasteiger partial charge in [-0.25, -0.2) is 0 Å². The molecule has 0 saturated carbocycles. The molecular weight excluding hydrogens is 514 g/mol. The van der Waals surface area contributed by atoms with Crippen LogP contribution in [0.3, 0.4) is 0 Å². The monoisotopic (exact) mass is 529 g/mol. The third kappa shape index (κ3) is 4.33. The van der Waals surface area contributed by atoms with Crippen molar-refractivity contribution in [2.24, 2.45) is 0 Å². The lowest BCUT2D eigenvalue weighted by Crippen LogP contribution is -2.33. The van der Waals surface area contributed by atoms with Crippen LogP contribution in [0.2, 0.25) is 15.2 Å². The van der Waals surface area contributed by atoms with E-state index in [9.17, 15) is 22.8 Å². The van der Waals surface area contributed by atoms with Gasteiger partial charge in [0.2, 0.25) is 0 Å². The molecule has 0 bridgehead atoms. The molecule has 4 atom stereocenters. The number of fused-ring (bicyclic) bond motifs is 2. The lowest BCUT2D eigenvalue weighted by molar-refractivity contribution is -0.201. The third-order valence-electron chi connectivity index (χ3n) is 5.30. The maximum atomic E-state index is 13.4. The number of Topliss-reactive ketones (excluding diaryl/α,β-unsaturated/α-hetero) is 1. The molecule has 2 saturated heterocycles. The molecule has 4 rings (SSSR count). The summed E-state index contributed by atoms with van der Waals surface area (Å²) in [4.78, 5) is 23.5. The first kappa shape index (κ1) is 24.6. The van der Waals surface area contributed by atoms with Crippen LogP contribution in [-0.2, 0) is 23.7 Å². The van der Waals surface area contributed by atoms with Gasteiger partial charge in [-0.15, -0.1) is 0 Å². The number of ether oxygens (including phenoxy) is 4. The second-order valence-electron chi connectivity index (χ2n) is 8.08. The summed E-state index contributed by atoms with van der Waals surface area (Å²) in [6.45, 7) is 4.33. The Kier molecular flexibility index (Phi) is 6.16. The smallest absolute Gasteiger partial charge is 0.455 e. The van der Waals surface area contributed by atoms with Crippen LogP contribution in [0.4, 0.5) is 13.2 Å². The number of esters is 1. The van der Waals surface area contributed by atoms with Gasteiger partial charge in [0.25, 0.3) is 5.78 Å². The predicted octanol–water partition coefficient (Wildman–Crippen LogP) is 5.33. The highest BCUT2D eigenvalue weighted by Gasteiger charge is 2.57. The Bertz CT molecular complexity index is 1150. The van der Waals surface area contributed by atoms with Crippen molar-refractivity contribution >= 4 is 57.5 Å². The summed E-state index contributed by atoms with van der Waals surface area (Å²) in [6.07, 6.45) is -8.72. The second-order valence-corrected chi connectivity index (χ2v) is 9.25. The van der Waals surface area contributed by atoms with Crippen molar-refractivity contribution in [3.8, 4) is 0 Å². The molecule has 13 heteroatoms. The van der Waals surface area contributed by atoms with E-state index in [1.54, 1.807) is 13.8 Å². The molecular formula is C20H17Cl3F3NO6. The zero-order valence-electron chi connectivity index (χ0n) is 17.3. The molecule has 1 aromatic carbocycles. The molecule has 2 fully saturated rings. The maximum absolute atomic E-state index is 13.4. The standard InChI is InChI=1S/C20H17Cl3F3NO6/c1-7(28)30-6-12-14-15(33-19(2,3)32-14)18(31-12)27-11-5-10(22)9(21)4-8(11)13(17(27)23)16(29)20(24,25)26/h4-5,12,14-15,18H,6H2,1-3H3/t12-,14-,15-,18-/m1/s1. The quantitative estimate of drug-likeness (QED) is 0.393. The molecule has 0 N–H and O–H groups in total. The first-order valence-corrected chi connectivity index (χ1v) is 10.8. The topological polar surface area (TPSA) is 76.0 Å². The van der Waals surface area contributed by atoms with E-state index in [2.05, 4.69) is 0 Å². The Morgan fingerprint density at radius 3 is 2.33 bits per heavy atom. The van der Waals surface area contributed by atoms with Crippen LogP contribution in [0.15, 0.2) is 12.1 Å². The van der Waals surface area contributed by atoms with Gasteiger partial charge in [-0.1, -0.05) is 34.8 Å². The first-order chi connectivity index (χ1) is 15.2. The Labute approximate surface area is 200 Å². The summed E-state index contributed by atoms with van der Waals surface area (Å²) < 4.78 is 64.1. The average Bonchev–Trinajstić information content (AvgIpc) is 3.25. The van der Waals surface area contributed by atoms with Gasteiger partial charge in [0.15, 0.2) is 12.0 Å². The van der Waals surface area contributed by atoms with E-state index in [0.717, 1.165) is 6.07 Å². The maximum Gasteiger partial charge on any atom is 0.455 e. The molecule has 0 unspecified atom stereocenters. The molecule has 1 aromatic heterocycles. The van der Waals surface area contributed by atoms with Crippen molar-refractivity contribution < 1.29 is 41.7 Å². The van der Waals surface area contributed by atoms with Gasteiger partial charge in [0, 0.05) is 12.3 Å². The van der Waals surface area contributed by atoms with E-state index in [-0.39, 0.29) is 27.6 Å². The van der Waals surface area contributed by atoms with Gasteiger partial charge in [-0.3, -0.25) is 9.59 Å². The van der Waals surface area contributed by atoms with Crippen molar-refractivity contribution in [2.45, 2.75) is 57.3 Å². The number of rotatable bonds is 4. The Hall–Kier alpha value is -1.56. The SMILES string of the molecule is CC(=O)OC[C@H]1O[C@@H](n2c(Cl)c(C(=O)C(F)(F)F)c3cc(Cl)c(Cl)cc32)[C@@H]2OC(C)(C)O[C@@H]21. The third-order valence-corrected chi connectivity index (χ3v) is 6.39. The predicted molar refractivity (Wildman–Crippen MR) is 112 cm³/mol. The van der Waals surface area contributed by atoms with Crippen molar-refractivity contribution in [3.05, 3.63) is 32.9 Å². The highest BCUT2D eigenvalue weighted by atomic mass is 35.5. The Morgan fingerprint density at radius 2 is 1.73 bits per heavy atom. The zero-order chi connectivity index (χ0) is 24.5. The molecule has 0 spiro atoms. The van der Waals surface area contributed by atoms with Crippen molar-refractivity contribution in [2.75, 3.05) is 6.61 Å². The van der Waals surface area contributed by atoms with Gasteiger partial charge in [0.05, 0.1) is 21.1 Å². The largest absolute Gasteiger partial charge is 0.463 e. The minimum absolute atomic E-state index is 0.0283. The van der Waals surface area contributed by atoms with Crippen LogP contribution < -0.4 is 0 Å². The molecule has 2 aliphatic heterocycles. The Morgan fingerprint density at radius 1 is 1.12 bits per heavy atom. The molecule has 0 amide bonds. The normalized spacial score (nSPS) is 26.6. The highest BCUT2D eigenvalue weighted by molar-refractivity contribution is 6.43. The molecule has 2 aliphatic rings. The molecule has 2 aromatic rings. The van der Waals surface area contributed by atoms with Gasteiger partial charge in [-0.05, 0) is 26.0 Å². The summed E-state index contributed by atoms with van der Waals surface area (Å²) in [7, 11) is 0. The number of carbonyl (C=O) groups excluding carboxylic acids is 2. The van der Waals surface area contributed by atoms with Crippen LogP contribution >= 0.6 is 34.8 Å². The number of benzene rings is 1. The molecule has 7 nitrogen and oxygen atoms in total. The van der Waals surface area contributed by atoms with Gasteiger partial charge in [-0.2, -0.15) is 13.2 Å². The first-order valence-electron chi connectivity index (χ1n) is 9.65. The lowest BCUT2D eigenvalue weighted by Gasteiger charge is -2.25. The number of aromatic nitrogens is 1. The summed E-state index contributed by atoms with van der Waals surface area (Å²) in [6, 6.07) is 2.43. The van der Waals surface area contributed by atoms with Gasteiger partial charge >= 0.3 is 12.1 Å². The van der Waals surface area contributed by atoms with Crippen molar-refractivity contribution in [1.29, 1.82) is 0 Å². The summed E-state index contributed by atoms with van der Waals surface area (Å²) in [5, 5.41) is -0.719. The van der Waals surface area contributed by atoms with Gasteiger partial charge in [0.1, 0.15) is 30.1 Å². The fourth-order valence-corrected chi connectivity index (χ4v) is 4.78. The van der Waals surface area contributed by atoms with Crippen LogP contribution in [0.25, 0.3) is 10.9 Å². The van der Waals surface area contributed by atoms with E-state index in [1.165, 1.54) is 17.6 Å². The van der Waals surface area contributed by atoms with E-state index in [1.807, 2.05) is 0 Å². The molecule has 33 heavy (non-hydrogen) atoms. The fraction of sp³-hybridized carbons (Fsp3) is 0.500. The summed E-state index contributed by atoms with van der Waals surface area (Å²) in [5.74, 6) is -3.77. The number of halogens is 6. The van der Waals surface area contributed by atoms with E-state index < -0.39 is 59.0 Å². The average molecular weight is 531 g/mol. The van der Waals surface area contributed by atoms with Crippen LogP contribution in [0.5, 0.6) is 0 Å². The summed E-state index contributed by atoms with van der Waals surface area (Å²) in [5.41, 5.74) is -0.716. The van der Waals surface area contributed by atoms with E-state index in [4.69, 9.17) is 53.8 Å².